The molecule has 0 aliphatic rings. The van der Waals surface area contributed by atoms with E-state index in [1.807, 2.05) is 19.1 Å². The Morgan fingerprint density at radius 2 is 2.14 bits per heavy atom. The molecule has 0 aromatic carbocycles. The summed E-state index contributed by atoms with van der Waals surface area (Å²) < 4.78 is 1.66. The molecule has 106 valence electrons. The molecule has 21 heavy (non-hydrogen) atoms. The first-order valence-electron chi connectivity index (χ1n) is 6.36. The predicted octanol–water partition coefficient (Wildman–Crippen LogP) is 0.955. The lowest BCUT2D eigenvalue weighted by Crippen LogP contribution is -2.11. The van der Waals surface area contributed by atoms with E-state index in [1.165, 1.54) is 0 Å². The Hall–Kier alpha value is -3.03. The minimum Gasteiger partial charge on any atom is -0.368 e. The van der Waals surface area contributed by atoms with Crippen LogP contribution >= 0.6 is 0 Å². The summed E-state index contributed by atoms with van der Waals surface area (Å²) in [6.07, 6.45) is 6.73. The number of hydrogen-bond acceptors (Lipinski definition) is 7. The molecule has 0 aliphatic carbocycles. The third kappa shape index (κ3) is 2.94. The number of nitrogens with two attached hydrogens (primary N) is 1. The van der Waals surface area contributed by atoms with E-state index in [2.05, 4.69) is 30.2 Å². The van der Waals surface area contributed by atoms with E-state index in [0.717, 1.165) is 11.3 Å². The zero-order valence-electron chi connectivity index (χ0n) is 11.4. The molecule has 0 bridgehead atoms. The van der Waals surface area contributed by atoms with Crippen molar-refractivity contribution in [3.63, 3.8) is 0 Å². The minimum atomic E-state index is 0.147. The van der Waals surface area contributed by atoms with E-state index in [9.17, 15) is 0 Å². The number of rotatable bonds is 4. The smallest absolute Gasteiger partial charge is 0.241 e. The van der Waals surface area contributed by atoms with Crippen molar-refractivity contribution in [3.05, 3.63) is 48.3 Å². The first-order chi connectivity index (χ1) is 10.2. The molecule has 0 unspecified atom stereocenters. The van der Waals surface area contributed by atoms with Gasteiger partial charge in [0, 0.05) is 18.6 Å². The molecule has 3 aromatic heterocycles. The van der Waals surface area contributed by atoms with E-state index in [0.29, 0.717) is 18.4 Å². The van der Waals surface area contributed by atoms with E-state index in [4.69, 9.17) is 5.73 Å². The number of nitrogens with one attached hydrogen (secondary N) is 1. The summed E-state index contributed by atoms with van der Waals surface area (Å²) in [5, 5.41) is 3.11. The third-order valence-corrected chi connectivity index (χ3v) is 2.91. The van der Waals surface area contributed by atoms with Crippen molar-refractivity contribution in [1.82, 2.24) is 29.5 Å². The van der Waals surface area contributed by atoms with Crippen molar-refractivity contribution < 1.29 is 0 Å². The third-order valence-electron chi connectivity index (χ3n) is 2.91. The molecule has 0 atom stereocenters. The van der Waals surface area contributed by atoms with Crippen LogP contribution in [-0.2, 0) is 6.54 Å². The summed E-state index contributed by atoms with van der Waals surface area (Å²) in [7, 11) is 0. The lowest BCUT2D eigenvalue weighted by Gasteiger charge is -2.08. The Balaban J connectivity index is 1.81. The molecule has 8 heteroatoms. The average molecular weight is 282 g/mol. The Kier molecular flexibility index (Phi) is 3.42. The van der Waals surface area contributed by atoms with Gasteiger partial charge >= 0.3 is 0 Å². The predicted molar refractivity (Wildman–Crippen MR) is 77.7 cm³/mol. The van der Waals surface area contributed by atoms with Gasteiger partial charge in [0.25, 0.3) is 0 Å². The monoisotopic (exact) mass is 282 g/mol. The minimum absolute atomic E-state index is 0.147. The Bertz CT molecular complexity index is 738. The highest BCUT2D eigenvalue weighted by molar-refractivity contribution is 5.36. The first-order valence-corrected chi connectivity index (χ1v) is 6.36. The summed E-state index contributed by atoms with van der Waals surface area (Å²) in [5.74, 6) is 0.963. The Labute approximate surface area is 121 Å². The maximum absolute atomic E-state index is 5.71. The number of pyridine rings is 1. The van der Waals surface area contributed by atoms with Gasteiger partial charge in [0.15, 0.2) is 0 Å². The summed E-state index contributed by atoms with van der Waals surface area (Å²) in [5.41, 5.74) is 7.74. The maximum Gasteiger partial charge on any atom is 0.241 e. The summed E-state index contributed by atoms with van der Waals surface area (Å²) in [4.78, 5) is 20.7. The topological polar surface area (TPSA) is 107 Å². The van der Waals surface area contributed by atoms with E-state index in [-0.39, 0.29) is 5.95 Å². The van der Waals surface area contributed by atoms with Crippen molar-refractivity contribution in [3.8, 4) is 5.95 Å². The van der Waals surface area contributed by atoms with Gasteiger partial charge < -0.3 is 11.1 Å². The number of nitrogens with zero attached hydrogens (tertiary/aromatic N) is 6. The SMILES string of the molecule is Cc1cccnc1CNc1nc(N)nc(-n2ccnc2)n1. The highest BCUT2D eigenvalue weighted by atomic mass is 15.3. The van der Waals surface area contributed by atoms with Gasteiger partial charge in [0.1, 0.15) is 6.33 Å². The normalized spacial score (nSPS) is 10.5. The molecule has 3 aromatic rings. The lowest BCUT2D eigenvalue weighted by atomic mass is 10.2. The molecule has 3 rings (SSSR count). The molecule has 0 fully saturated rings. The van der Waals surface area contributed by atoms with Crippen molar-refractivity contribution in [2.75, 3.05) is 11.1 Å². The van der Waals surface area contributed by atoms with Crippen molar-refractivity contribution in [2.24, 2.45) is 0 Å². The van der Waals surface area contributed by atoms with Crippen LogP contribution in [-0.4, -0.2) is 29.5 Å². The zero-order chi connectivity index (χ0) is 14.7. The fraction of sp³-hybridized carbons (Fsp3) is 0.154. The summed E-state index contributed by atoms with van der Waals surface area (Å²) in [6.45, 7) is 2.52. The molecular formula is C13H14N8. The van der Waals surface area contributed by atoms with Gasteiger partial charge in [-0.3, -0.25) is 9.55 Å². The summed E-state index contributed by atoms with van der Waals surface area (Å²) >= 11 is 0. The number of imidazole rings is 1. The van der Waals surface area contributed by atoms with Crippen molar-refractivity contribution >= 4 is 11.9 Å². The molecule has 0 saturated carbocycles. The van der Waals surface area contributed by atoms with Crippen LogP contribution in [0.2, 0.25) is 0 Å². The van der Waals surface area contributed by atoms with Gasteiger partial charge in [-0.2, -0.15) is 15.0 Å². The van der Waals surface area contributed by atoms with Gasteiger partial charge in [-0.1, -0.05) is 6.07 Å². The van der Waals surface area contributed by atoms with Crippen molar-refractivity contribution in [2.45, 2.75) is 13.5 Å². The average Bonchev–Trinajstić information content (AvgIpc) is 3.00. The van der Waals surface area contributed by atoms with Crippen molar-refractivity contribution in [1.29, 1.82) is 0 Å². The van der Waals surface area contributed by atoms with Crippen LogP contribution in [0.3, 0.4) is 0 Å². The second-order valence-electron chi connectivity index (χ2n) is 4.41. The molecule has 3 heterocycles. The number of anilines is 2. The molecule has 8 nitrogen and oxygen atoms in total. The molecule has 0 aliphatic heterocycles. The lowest BCUT2D eigenvalue weighted by molar-refractivity contribution is 0.890. The fourth-order valence-electron chi connectivity index (χ4n) is 1.82. The number of aromatic nitrogens is 6. The standard InChI is InChI=1S/C13H14N8/c1-9-3-2-4-16-10(9)7-17-12-18-11(14)19-13(20-12)21-6-5-15-8-21/h2-6,8H,7H2,1H3,(H3,14,17,18,19,20). The molecule has 0 saturated heterocycles. The molecule has 0 amide bonds. The summed E-state index contributed by atoms with van der Waals surface area (Å²) in [6, 6.07) is 3.90. The number of hydrogen-bond donors (Lipinski definition) is 2. The number of nitrogen functional groups attached to an aromatic ring is 1. The molecule has 3 N–H and O–H groups in total. The molecule has 0 spiro atoms. The first kappa shape index (κ1) is 13.0. The van der Waals surface area contributed by atoms with Gasteiger partial charge in [-0.15, -0.1) is 0 Å². The highest BCUT2D eigenvalue weighted by Gasteiger charge is 2.07. The molecule has 0 radical (unpaired) electrons. The zero-order valence-corrected chi connectivity index (χ0v) is 11.4. The van der Waals surface area contributed by atoms with Crippen LogP contribution in [0.5, 0.6) is 0 Å². The van der Waals surface area contributed by atoms with Crippen LogP contribution < -0.4 is 11.1 Å². The second kappa shape index (κ2) is 5.53. The highest BCUT2D eigenvalue weighted by Crippen LogP contribution is 2.09. The maximum atomic E-state index is 5.71. The van der Waals surface area contributed by atoms with Crippen LogP contribution in [0.15, 0.2) is 37.1 Å². The van der Waals surface area contributed by atoms with Gasteiger partial charge in [0.2, 0.25) is 17.8 Å². The van der Waals surface area contributed by atoms with Crippen LogP contribution in [0.25, 0.3) is 5.95 Å². The van der Waals surface area contributed by atoms with E-state index < -0.39 is 0 Å². The Morgan fingerprint density at radius 3 is 2.90 bits per heavy atom. The quantitative estimate of drug-likeness (QED) is 0.733. The largest absolute Gasteiger partial charge is 0.368 e. The number of aryl methyl sites for hydroxylation is 1. The van der Waals surface area contributed by atoms with Crippen LogP contribution in [0.4, 0.5) is 11.9 Å². The second-order valence-corrected chi connectivity index (χ2v) is 4.41. The van der Waals surface area contributed by atoms with E-state index >= 15 is 0 Å². The van der Waals surface area contributed by atoms with Gasteiger partial charge in [-0.25, -0.2) is 4.98 Å². The van der Waals surface area contributed by atoms with Gasteiger partial charge in [-0.05, 0) is 18.6 Å². The van der Waals surface area contributed by atoms with Crippen LogP contribution in [0.1, 0.15) is 11.3 Å². The molecular weight excluding hydrogens is 268 g/mol. The van der Waals surface area contributed by atoms with Crippen LogP contribution in [0, 0.1) is 6.92 Å². The fourth-order valence-corrected chi connectivity index (χ4v) is 1.82. The van der Waals surface area contributed by atoms with E-state index in [1.54, 1.807) is 29.5 Å². The Morgan fingerprint density at radius 1 is 1.24 bits per heavy atom. The van der Waals surface area contributed by atoms with Gasteiger partial charge in [0.05, 0.1) is 12.2 Å².